The van der Waals surface area contributed by atoms with Crippen LogP contribution in [0.15, 0.2) is 48.5 Å². The van der Waals surface area contributed by atoms with Gasteiger partial charge in [0.2, 0.25) is 0 Å². The summed E-state index contributed by atoms with van der Waals surface area (Å²) in [5.74, 6) is 0.0764. The summed E-state index contributed by atoms with van der Waals surface area (Å²) in [6.45, 7) is 7.18. The maximum atomic E-state index is 10.5. The highest BCUT2D eigenvalue weighted by Gasteiger charge is 1.95. The molecular formula is C19H22O4. The predicted molar refractivity (Wildman–Crippen MR) is 89.1 cm³/mol. The van der Waals surface area contributed by atoms with Crippen LogP contribution in [0.2, 0.25) is 0 Å². The van der Waals surface area contributed by atoms with Gasteiger partial charge in [-0.1, -0.05) is 47.5 Å². The molecule has 0 aromatic heterocycles. The lowest BCUT2D eigenvalue weighted by molar-refractivity contribution is -0.142. The molecule has 23 heavy (non-hydrogen) atoms. The molecule has 0 spiro atoms. The van der Waals surface area contributed by atoms with Crippen LogP contribution in [-0.2, 0) is 20.9 Å². The van der Waals surface area contributed by atoms with Crippen LogP contribution in [0.1, 0.15) is 30.5 Å². The normalized spacial score (nSPS) is 9.39. The van der Waals surface area contributed by atoms with Crippen LogP contribution in [0.5, 0.6) is 5.75 Å². The van der Waals surface area contributed by atoms with E-state index < -0.39 is 0 Å². The zero-order valence-electron chi connectivity index (χ0n) is 14.0. The highest BCUT2D eigenvalue weighted by Crippen LogP contribution is 2.11. The number of benzene rings is 2. The molecule has 0 bridgehead atoms. The molecule has 0 aliphatic rings. The quantitative estimate of drug-likeness (QED) is 0.635. The predicted octanol–water partition coefficient (Wildman–Crippen LogP) is 3.98. The molecule has 122 valence electrons. The first kappa shape index (κ1) is 18.4. The Balaban J connectivity index is 0.000000231. The molecular weight excluding hydrogens is 292 g/mol. The second-order valence-corrected chi connectivity index (χ2v) is 5.17. The molecule has 0 saturated carbocycles. The molecule has 0 saturated heterocycles. The second kappa shape index (κ2) is 9.41. The van der Waals surface area contributed by atoms with Crippen molar-refractivity contribution in [2.45, 2.75) is 34.3 Å². The van der Waals surface area contributed by atoms with E-state index in [0.29, 0.717) is 12.4 Å². The Morgan fingerprint density at radius 2 is 1.26 bits per heavy atom. The molecule has 0 heterocycles. The number of carbonyl (C=O) groups excluding carboxylic acids is 2. The Kier molecular flexibility index (Phi) is 7.54. The fourth-order valence-electron chi connectivity index (χ4n) is 1.64. The van der Waals surface area contributed by atoms with Crippen molar-refractivity contribution in [1.29, 1.82) is 0 Å². The van der Waals surface area contributed by atoms with E-state index in [4.69, 9.17) is 9.47 Å². The monoisotopic (exact) mass is 314 g/mol. The molecule has 4 heteroatoms. The van der Waals surface area contributed by atoms with E-state index in [-0.39, 0.29) is 11.9 Å². The summed E-state index contributed by atoms with van der Waals surface area (Å²) in [7, 11) is 0. The number of ether oxygens (including phenoxy) is 2. The van der Waals surface area contributed by atoms with Crippen LogP contribution in [-0.4, -0.2) is 11.9 Å². The molecule has 0 aliphatic carbocycles. The Morgan fingerprint density at radius 3 is 1.70 bits per heavy atom. The first-order chi connectivity index (χ1) is 10.9. The van der Waals surface area contributed by atoms with Crippen LogP contribution >= 0.6 is 0 Å². The number of rotatable bonds is 3. The molecule has 0 unspecified atom stereocenters. The summed E-state index contributed by atoms with van der Waals surface area (Å²) in [5.41, 5.74) is 3.39. The maximum absolute atomic E-state index is 10.5. The topological polar surface area (TPSA) is 52.6 Å². The molecule has 4 nitrogen and oxygen atoms in total. The summed E-state index contributed by atoms with van der Waals surface area (Å²) in [5, 5.41) is 0. The van der Waals surface area contributed by atoms with Gasteiger partial charge in [-0.2, -0.15) is 0 Å². The van der Waals surface area contributed by atoms with Crippen molar-refractivity contribution in [3.05, 3.63) is 65.2 Å². The highest BCUT2D eigenvalue weighted by atomic mass is 16.5. The van der Waals surface area contributed by atoms with E-state index >= 15 is 0 Å². The Hall–Kier alpha value is -2.62. The van der Waals surface area contributed by atoms with Gasteiger partial charge in [-0.3, -0.25) is 9.59 Å². The molecule has 0 fully saturated rings. The van der Waals surface area contributed by atoms with E-state index in [2.05, 4.69) is 0 Å². The van der Waals surface area contributed by atoms with Gasteiger partial charge in [0, 0.05) is 13.8 Å². The van der Waals surface area contributed by atoms with Crippen LogP contribution in [0.4, 0.5) is 0 Å². The third kappa shape index (κ3) is 8.41. The Labute approximate surface area is 137 Å². The number of esters is 2. The number of aryl methyl sites for hydroxylation is 2. The standard InChI is InChI=1S/C10H12O2.C9H10O2/c1-8-3-5-10(6-4-8)7-12-9(2)11;1-7-3-5-9(6-4-7)11-8(2)10/h3-6H,7H2,1-2H3;3-6H,1-2H3. The number of hydrogen-bond acceptors (Lipinski definition) is 4. The minimum Gasteiger partial charge on any atom is -0.461 e. The lowest BCUT2D eigenvalue weighted by Gasteiger charge is -2.01. The minimum absolute atomic E-state index is 0.240. The van der Waals surface area contributed by atoms with Crippen LogP contribution in [0.25, 0.3) is 0 Å². The SMILES string of the molecule is CC(=O)OCc1ccc(C)cc1.CC(=O)Oc1ccc(C)cc1. The van der Waals surface area contributed by atoms with Gasteiger partial charge < -0.3 is 9.47 Å². The summed E-state index contributed by atoms with van der Waals surface area (Å²) < 4.78 is 9.66. The molecule has 0 aliphatic heterocycles. The third-order valence-electron chi connectivity index (χ3n) is 2.85. The molecule has 0 amide bonds. The van der Waals surface area contributed by atoms with Gasteiger partial charge in [-0.05, 0) is 31.5 Å². The van der Waals surface area contributed by atoms with E-state index in [1.807, 2.05) is 50.2 Å². The average molecular weight is 314 g/mol. The lowest BCUT2D eigenvalue weighted by atomic mass is 10.2. The van der Waals surface area contributed by atoms with Crippen LogP contribution in [0.3, 0.4) is 0 Å². The van der Waals surface area contributed by atoms with E-state index in [1.165, 1.54) is 19.4 Å². The van der Waals surface area contributed by atoms with E-state index in [0.717, 1.165) is 11.1 Å². The Bertz CT molecular complexity index is 627. The summed E-state index contributed by atoms with van der Waals surface area (Å²) in [4.78, 5) is 20.9. The summed E-state index contributed by atoms with van der Waals surface area (Å²) >= 11 is 0. The van der Waals surface area contributed by atoms with Gasteiger partial charge >= 0.3 is 11.9 Å². The molecule has 0 atom stereocenters. The zero-order valence-corrected chi connectivity index (χ0v) is 14.0. The fraction of sp³-hybridized carbons (Fsp3) is 0.263. The van der Waals surface area contributed by atoms with Crippen molar-refractivity contribution >= 4 is 11.9 Å². The van der Waals surface area contributed by atoms with Crippen LogP contribution in [0, 0.1) is 13.8 Å². The third-order valence-corrected chi connectivity index (χ3v) is 2.85. The van der Waals surface area contributed by atoms with Crippen LogP contribution < -0.4 is 4.74 Å². The van der Waals surface area contributed by atoms with Gasteiger partial charge in [0.05, 0.1) is 0 Å². The van der Waals surface area contributed by atoms with E-state index in [9.17, 15) is 9.59 Å². The van der Waals surface area contributed by atoms with Gasteiger partial charge in [0.25, 0.3) is 0 Å². The lowest BCUT2D eigenvalue weighted by Crippen LogP contribution is -2.00. The number of carbonyl (C=O) groups is 2. The second-order valence-electron chi connectivity index (χ2n) is 5.17. The smallest absolute Gasteiger partial charge is 0.308 e. The van der Waals surface area contributed by atoms with Gasteiger partial charge in [-0.15, -0.1) is 0 Å². The summed E-state index contributed by atoms with van der Waals surface area (Å²) in [6.07, 6.45) is 0. The van der Waals surface area contributed by atoms with Crippen molar-refractivity contribution in [2.24, 2.45) is 0 Å². The summed E-state index contributed by atoms with van der Waals surface area (Å²) in [6, 6.07) is 15.3. The Morgan fingerprint density at radius 1 is 0.783 bits per heavy atom. The maximum Gasteiger partial charge on any atom is 0.308 e. The molecule has 0 N–H and O–H groups in total. The van der Waals surface area contributed by atoms with Gasteiger partial charge in [-0.25, -0.2) is 0 Å². The molecule has 2 aromatic rings. The minimum atomic E-state index is -0.283. The number of hydrogen-bond donors (Lipinski definition) is 0. The molecule has 0 radical (unpaired) electrons. The fourth-order valence-corrected chi connectivity index (χ4v) is 1.64. The van der Waals surface area contributed by atoms with Crippen molar-refractivity contribution in [2.75, 3.05) is 0 Å². The van der Waals surface area contributed by atoms with E-state index in [1.54, 1.807) is 12.1 Å². The first-order valence-electron chi connectivity index (χ1n) is 7.31. The van der Waals surface area contributed by atoms with Gasteiger partial charge in [0.1, 0.15) is 12.4 Å². The average Bonchev–Trinajstić information content (AvgIpc) is 2.49. The van der Waals surface area contributed by atoms with Gasteiger partial charge in [0.15, 0.2) is 0 Å². The largest absolute Gasteiger partial charge is 0.461 e. The van der Waals surface area contributed by atoms with Crippen molar-refractivity contribution in [1.82, 2.24) is 0 Å². The highest BCUT2D eigenvalue weighted by molar-refractivity contribution is 5.69. The zero-order chi connectivity index (χ0) is 17.2. The van der Waals surface area contributed by atoms with Crippen molar-refractivity contribution in [3.8, 4) is 5.75 Å². The van der Waals surface area contributed by atoms with Crippen molar-refractivity contribution in [3.63, 3.8) is 0 Å². The first-order valence-corrected chi connectivity index (χ1v) is 7.31. The molecule has 2 rings (SSSR count). The van der Waals surface area contributed by atoms with Crippen molar-refractivity contribution < 1.29 is 19.1 Å². The molecule has 2 aromatic carbocycles.